The Morgan fingerprint density at radius 3 is 2.10 bits per heavy atom. The van der Waals surface area contributed by atoms with Gasteiger partial charge in [0.1, 0.15) is 0 Å². The fourth-order valence-corrected chi connectivity index (χ4v) is 3.40. The number of carbonyl (C=O) groups is 3. The summed E-state index contributed by atoms with van der Waals surface area (Å²) >= 11 is 0. The van der Waals surface area contributed by atoms with Gasteiger partial charge in [0, 0.05) is 11.3 Å². The van der Waals surface area contributed by atoms with Crippen LogP contribution >= 0.6 is 0 Å². The molecule has 0 bridgehead atoms. The summed E-state index contributed by atoms with van der Waals surface area (Å²) < 4.78 is 0. The van der Waals surface area contributed by atoms with Crippen molar-refractivity contribution in [3.8, 4) is 0 Å². The van der Waals surface area contributed by atoms with Crippen LogP contribution in [0, 0.1) is 0 Å². The molecule has 29 heavy (non-hydrogen) atoms. The number of hydrogen-bond acceptors (Lipinski definition) is 3. The van der Waals surface area contributed by atoms with Crippen molar-refractivity contribution in [1.82, 2.24) is 4.90 Å². The van der Waals surface area contributed by atoms with Crippen LogP contribution in [0.5, 0.6) is 0 Å². The van der Waals surface area contributed by atoms with Gasteiger partial charge in [0.15, 0.2) is 0 Å². The van der Waals surface area contributed by atoms with Gasteiger partial charge in [-0.25, -0.2) is 0 Å². The van der Waals surface area contributed by atoms with Crippen LogP contribution in [0.1, 0.15) is 49.1 Å². The van der Waals surface area contributed by atoms with E-state index in [0.717, 1.165) is 12.1 Å². The number of benzene rings is 3. The highest BCUT2D eigenvalue weighted by Gasteiger charge is 2.34. The van der Waals surface area contributed by atoms with E-state index in [-0.39, 0.29) is 24.3 Å². The molecule has 5 heteroatoms. The average molecular weight is 384 g/mol. The van der Waals surface area contributed by atoms with Crippen LogP contribution in [0.15, 0.2) is 72.8 Å². The molecule has 1 aliphatic rings. The van der Waals surface area contributed by atoms with E-state index in [1.54, 1.807) is 48.5 Å². The zero-order valence-electron chi connectivity index (χ0n) is 16.0. The van der Waals surface area contributed by atoms with E-state index < -0.39 is 0 Å². The van der Waals surface area contributed by atoms with Gasteiger partial charge in [-0.15, -0.1) is 0 Å². The van der Waals surface area contributed by atoms with E-state index in [1.165, 1.54) is 10.5 Å². The lowest BCUT2D eigenvalue weighted by Crippen LogP contribution is -2.29. The summed E-state index contributed by atoms with van der Waals surface area (Å²) in [6.07, 6.45) is 0.939. The number of aryl methyl sites for hydroxylation is 1. The lowest BCUT2D eigenvalue weighted by atomic mass is 10.1. The van der Waals surface area contributed by atoms with E-state index in [1.807, 2.05) is 24.3 Å². The topological polar surface area (TPSA) is 66.5 Å². The molecular formula is C24H20N2O3. The second-order valence-corrected chi connectivity index (χ2v) is 6.95. The minimum Gasteiger partial charge on any atom is -0.322 e. The molecule has 4 rings (SSSR count). The van der Waals surface area contributed by atoms with E-state index in [9.17, 15) is 14.4 Å². The van der Waals surface area contributed by atoms with Crippen molar-refractivity contribution in [3.63, 3.8) is 0 Å². The van der Waals surface area contributed by atoms with Gasteiger partial charge in [0.2, 0.25) is 0 Å². The van der Waals surface area contributed by atoms with Crippen LogP contribution in [0.4, 0.5) is 5.69 Å². The Balaban J connectivity index is 1.49. The normalized spacial score (nSPS) is 12.8. The second kappa shape index (κ2) is 7.72. The van der Waals surface area contributed by atoms with Gasteiger partial charge in [0.25, 0.3) is 17.7 Å². The molecule has 0 atom stereocenters. The highest BCUT2D eigenvalue weighted by Crippen LogP contribution is 2.24. The van der Waals surface area contributed by atoms with Gasteiger partial charge < -0.3 is 5.32 Å². The first-order chi connectivity index (χ1) is 14.1. The number of amides is 3. The molecule has 0 saturated heterocycles. The summed E-state index contributed by atoms with van der Waals surface area (Å²) in [5, 5.41) is 2.88. The van der Waals surface area contributed by atoms with E-state index in [2.05, 4.69) is 12.2 Å². The maximum Gasteiger partial charge on any atom is 0.261 e. The molecule has 0 spiro atoms. The first-order valence-corrected chi connectivity index (χ1v) is 9.51. The van der Waals surface area contributed by atoms with Crippen molar-refractivity contribution in [3.05, 3.63) is 101 Å². The molecule has 3 amide bonds. The predicted octanol–water partition coefficient (Wildman–Crippen LogP) is 4.30. The number of fused-ring (bicyclic) bond motifs is 1. The predicted molar refractivity (Wildman–Crippen MR) is 111 cm³/mol. The number of nitrogens with zero attached hydrogens (tertiary/aromatic N) is 1. The first kappa shape index (κ1) is 18.6. The fourth-order valence-electron chi connectivity index (χ4n) is 3.40. The Labute approximate surface area is 169 Å². The monoisotopic (exact) mass is 384 g/mol. The molecule has 3 aromatic rings. The number of imide groups is 1. The third-order valence-corrected chi connectivity index (χ3v) is 5.03. The molecule has 5 nitrogen and oxygen atoms in total. The highest BCUT2D eigenvalue weighted by molar-refractivity contribution is 6.21. The first-order valence-electron chi connectivity index (χ1n) is 9.51. The van der Waals surface area contributed by atoms with Crippen molar-refractivity contribution in [1.29, 1.82) is 0 Å². The molecule has 0 saturated carbocycles. The van der Waals surface area contributed by atoms with Crippen molar-refractivity contribution < 1.29 is 14.4 Å². The summed E-state index contributed by atoms with van der Waals surface area (Å²) in [6.45, 7) is 2.20. The largest absolute Gasteiger partial charge is 0.322 e. The molecule has 0 fully saturated rings. The van der Waals surface area contributed by atoms with E-state index >= 15 is 0 Å². The Hall–Kier alpha value is -3.73. The van der Waals surface area contributed by atoms with Gasteiger partial charge >= 0.3 is 0 Å². The second-order valence-electron chi connectivity index (χ2n) is 6.95. The van der Waals surface area contributed by atoms with Gasteiger partial charge in [0.05, 0.1) is 17.7 Å². The summed E-state index contributed by atoms with van der Waals surface area (Å²) in [7, 11) is 0. The maximum atomic E-state index is 12.6. The summed E-state index contributed by atoms with van der Waals surface area (Å²) in [5.41, 5.74) is 3.94. The SMILES string of the molecule is CCc1ccc(NC(=O)c2cccc(CN3C(=O)c4ccccc4C3=O)c2)cc1. The maximum absolute atomic E-state index is 12.6. The Bertz CT molecular complexity index is 1070. The summed E-state index contributed by atoms with van der Waals surface area (Å²) in [5.74, 6) is -0.855. The third-order valence-electron chi connectivity index (χ3n) is 5.03. The quantitative estimate of drug-likeness (QED) is 0.667. The molecule has 144 valence electrons. The minimum absolute atomic E-state index is 0.124. The summed E-state index contributed by atoms with van der Waals surface area (Å²) in [4.78, 5) is 38.9. The Morgan fingerprint density at radius 2 is 1.48 bits per heavy atom. The molecular weight excluding hydrogens is 364 g/mol. The molecule has 0 unspecified atom stereocenters. The molecule has 0 aliphatic carbocycles. The fraction of sp³-hybridized carbons (Fsp3) is 0.125. The van der Waals surface area contributed by atoms with Crippen LogP contribution in [0.3, 0.4) is 0 Å². The van der Waals surface area contributed by atoms with Crippen LogP contribution in [-0.4, -0.2) is 22.6 Å². The van der Waals surface area contributed by atoms with Crippen LogP contribution < -0.4 is 5.32 Å². The number of anilines is 1. The standard InChI is InChI=1S/C24H20N2O3/c1-2-16-10-12-19(13-11-16)25-22(27)18-7-5-6-17(14-18)15-26-23(28)20-8-3-4-9-21(20)24(26)29/h3-14H,2,15H2,1H3,(H,25,27). The zero-order valence-corrected chi connectivity index (χ0v) is 16.0. The smallest absolute Gasteiger partial charge is 0.261 e. The molecule has 1 aliphatic heterocycles. The van der Waals surface area contributed by atoms with Crippen molar-refractivity contribution >= 4 is 23.4 Å². The van der Waals surface area contributed by atoms with Gasteiger partial charge in [-0.2, -0.15) is 0 Å². The number of nitrogens with one attached hydrogen (secondary N) is 1. The van der Waals surface area contributed by atoms with Gasteiger partial charge in [-0.3, -0.25) is 19.3 Å². The van der Waals surface area contributed by atoms with Gasteiger partial charge in [-0.05, 0) is 53.9 Å². The van der Waals surface area contributed by atoms with E-state index in [0.29, 0.717) is 22.3 Å². The average Bonchev–Trinajstić information content (AvgIpc) is 2.99. The Morgan fingerprint density at radius 1 is 0.828 bits per heavy atom. The summed E-state index contributed by atoms with van der Waals surface area (Å²) in [6, 6.07) is 21.5. The number of hydrogen-bond donors (Lipinski definition) is 1. The number of rotatable bonds is 5. The molecule has 0 aromatic heterocycles. The third kappa shape index (κ3) is 3.67. The molecule has 0 radical (unpaired) electrons. The minimum atomic E-state index is -0.309. The molecule has 1 heterocycles. The van der Waals surface area contributed by atoms with E-state index in [4.69, 9.17) is 0 Å². The van der Waals surface area contributed by atoms with Crippen molar-refractivity contribution in [2.75, 3.05) is 5.32 Å². The zero-order chi connectivity index (χ0) is 20.4. The van der Waals surface area contributed by atoms with Crippen LogP contribution in [0.2, 0.25) is 0 Å². The van der Waals surface area contributed by atoms with Crippen molar-refractivity contribution in [2.45, 2.75) is 19.9 Å². The van der Waals surface area contributed by atoms with Crippen LogP contribution in [-0.2, 0) is 13.0 Å². The van der Waals surface area contributed by atoms with Crippen molar-refractivity contribution in [2.24, 2.45) is 0 Å². The Kier molecular flexibility index (Phi) is 4.96. The van der Waals surface area contributed by atoms with Crippen LogP contribution in [0.25, 0.3) is 0 Å². The highest BCUT2D eigenvalue weighted by atomic mass is 16.2. The molecule has 3 aromatic carbocycles. The van der Waals surface area contributed by atoms with Gasteiger partial charge in [-0.1, -0.05) is 43.3 Å². The number of carbonyl (C=O) groups excluding carboxylic acids is 3. The molecule has 1 N–H and O–H groups in total. The lowest BCUT2D eigenvalue weighted by Gasteiger charge is -2.14. The lowest BCUT2D eigenvalue weighted by molar-refractivity contribution is 0.0642.